The first-order chi connectivity index (χ1) is 8.25. The molecule has 1 aromatic carbocycles. The van der Waals surface area contributed by atoms with Crippen molar-refractivity contribution in [3.63, 3.8) is 0 Å². The van der Waals surface area contributed by atoms with E-state index in [4.69, 9.17) is 5.73 Å². The predicted molar refractivity (Wildman–Crippen MR) is 76.9 cm³/mol. The Balaban J connectivity index is 2.00. The highest BCUT2D eigenvalue weighted by Crippen LogP contribution is 2.22. The highest BCUT2D eigenvalue weighted by Gasteiger charge is 2.10. The van der Waals surface area contributed by atoms with E-state index in [1.165, 1.54) is 55.2 Å². The Labute approximate surface area is 112 Å². The van der Waals surface area contributed by atoms with Crippen LogP contribution in [0.3, 0.4) is 0 Å². The Kier molecular flexibility index (Phi) is 4.86. The van der Waals surface area contributed by atoms with E-state index in [2.05, 4.69) is 33.0 Å². The molecule has 1 heterocycles. The molecule has 0 aromatic heterocycles. The van der Waals surface area contributed by atoms with Gasteiger partial charge in [-0.2, -0.15) is 0 Å². The molecule has 1 aliphatic rings. The molecular weight excluding hydrogens is 276 g/mol. The van der Waals surface area contributed by atoms with Crippen LogP contribution in [-0.4, -0.2) is 18.0 Å². The summed E-state index contributed by atoms with van der Waals surface area (Å²) in [5.74, 6) is 0. The normalized spacial score (nSPS) is 18.6. The van der Waals surface area contributed by atoms with Gasteiger partial charge in [0.2, 0.25) is 0 Å². The van der Waals surface area contributed by atoms with Crippen molar-refractivity contribution < 1.29 is 0 Å². The van der Waals surface area contributed by atoms with E-state index in [9.17, 15) is 0 Å². The molecule has 0 bridgehead atoms. The summed E-state index contributed by atoms with van der Waals surface area (Å²) in [6.07, 6.45) is 6.85. The van der Waals surface area contributed by atoms with Gasteiger partial charge in [-0.25, -0.2) is 0 Å². The number of nitrogens with two attached hydrogens (primary N) is 1. The standard InChI is InChI=1S/C14H21BrN2/c15-14-7-6-13(16)10-12(14)11-17-8-4-2-1-3-5-9-17/h6-7,10H,1-5,8-9,11,16H2. The molecule has 0 unspecified atom stereocenters. The van der Waals surface area contributed by atoms with E-state index in [0.29, 0.717) is 0 Å². The van der Waals surface area contributed by atoms with Crippen molar-refractivity contribution in [2.24, 2.45) is 0 Å². The SMILES string of the molecule is Nc1ccc(Br)c(CN2CCCCCCC2)c1. The molecule has 1 aromatic rings. The van der Waals surface area contributed by atoms with Gasteiger partial charge in [-0.1, -0.05) is 35.2 Å². The highest BCUT2D eigenvalue weighted by molar-refractivity contribution is 9.10. The van der Waals surface area contributed by atoms with E-state index in [0.717, 1.165) is 12.2 Å². The maximum atomic E-state index is 5.85. The number of halogens is 1. The summed E-state index contributed by atoms with van der Waals surface area (Å²) in [6, 6.07) is 6.08. The van der Waals surface area contributed by atoms with Crippen molar-refractivity contribution in [1.82, 2.24) is 4.90 Å². The molecule has 2 N–H and O–H groups in total. The van der Waals surface area contributed by atoms with Crippen molar-refractivity contribution in [3.05, 3.63) is 28.2 Å². The molecule has 2 rings (SSSR count). The fourth-order valence-corrected chi connectivity index (χ4v) is 2.80. The summed E-state index contributed by atoms with van der Waals surface area (Å²) in [5, 5.41) is 0. The summed E-state index contributed by atoms with van der Waals surface area (Å²) in [5.41, 5.74) is 8.02. The third kappa shape index (κ3) is 4.00. The van der Waals surface area contributed by atoms with Gasteiger partial charge in [0, 0.05) is 16.7 Å². The van der Waals surface area contributed by atoms with Crippen molar-refractivity contribution in [2.75, 3.05) is 18.8 Å². The summed E-state index contributed by atoms with van der Waals surface area (Å²) in [7, 11) is 0. The maximum absolute atomic E-state index is 5.85. The second kappa shape index (κ2) is 6.41. The van der Waals surface area contributed by atoms with Crippen LogP contribution in [0.5, 0.6) is 0 Å². The maximum Gasteiger partial charge on any atom is 0.0318 e. The van der Waals surface area contributed by atoms with Gasteiger partial charge in [0.25, 0.3) is 0 Å². The average Bonchev–Trinajstić information content (AvgIpc) is 2.27. The molecule has 0 amide bonds. The zero-order valence-corrected chi connectivity index (χ0v) is 11.9. The number of hydrogen-bond acceptors (Lipinski definition) is 2. The largest absolute Gasteiger partial charge is 0.399 e. The van der Waals surface area contributed by atoms with Gasteiger partial charge in [0.15, 0.2) is 0 Å². The van der Waals surface area contributed by atoms with Gasteiger partial charge in [0.05, 0.1) is 0 Å². The van der Waals surface area contributed by atoms with Gasteiger partial charge in [0.1, 0.15) is 0 Å². The molecule has 1 aliphatic heterocycles. The molecule has 0 aliphatic carbocycles. The van der Waals surface area contributed by atoms with Gasteiger partial charge in [-0.15, -0.1) is 0 Å². The number of nitrogens with zero attached hydrogens (tertiary/aromatic N) is 1. The number of hydrogen-bond donors (Lipinski definition) is 1. The third-order valence-corrected chi connectivity index (χ3v) is 4.19. The zero-order chi connectivity index (χ0) is 12.1. The summed E-state index contributed by atoms with van der Waals surface area (Å²) >= 11 is 3.61. The van der Waals surface area contributed by atoms with E-state index >= 15 is 0 Å². The van der Waals surface area contributed by atoms with E-state index in [1.54, 1.807) is 0 Å². The fourth-order valence-electron chi connectivity index (χ4n) is 2.43. The van der Waals surface area contributed by atoms with Crippen LogP contribution in [0.1, 0.15) is 37.7 Å². The number of likely N-dealkylation sites (tertiary alicyclic amines) is 1. The Morgan fingerprint density at radius 2 is 1.71 bits per heavy atom. The molecular formula is C14H21BrN2. The van der Waals surface area contributed by atoms with Crippen LogP contribution in [0.15, 0.2) is 22.7 Å². The van der Waals surface area contributed by atoms with Crippen LogP contribution in [-0.2, 0) is 6.54 Å². The molecule has 2 nitrogen and oxygen atoms in total. The lowest BCUT2D eigenvalue weighted by Gasteiger charge is -2.25. The molecule has 94 valence electrons. The van der Waals surface area contributed by atoms with Crippen LogP contribution in [0.4, 0.5) is 5.69 Å². The van der Waals surface area contributed by atoms with Gasteiger partial charge >= 0.3 is 0 Å². The van der Waals surface area contributed by atoms with Crippen LogP contribution < -0.4 is 5.73 Å². The fraction of sp³-hybridized carbons (Fsp3) is 0.571. The number of benzene rings is 1. The van der Waals surface area contributed by atoms with E-state index in [-0.39, 0.29) is 0 Å². The minimum absolute atomic E-state index is 0.857. The lowest BCUT2D eigenvalue weighted by atomic mass is 10.1. The Hall–Kier alpha value is -0.540. The van der Waals surface area contributed by atoms with Gasteiger partial charge in [-0.05, 0) is 49.7 Å². The molecule has 0 radical (unpaired) electrons. The second-order valence-electron chi connectivity index (χ2n) is 4.89. The number of nitrogen functional groups attached to an aromatic ring is 1. The van der Waals surface area contributed by atoms with Crippen molar-refractivity contribution in [1.29, 1.82) is 0 Å². The monoisotopic (exact) mass is 296 g/mol. The van der Waals surface area contributed by atoms with Crippen LogP contribution >= 0.6 is 15.9 Å². The number of anilines is 1. The topological polar surface area (TPSA) is 29.3 Å². The molecule has 0 saturated carbocycles. The van der Waals surface area contributed by atoms with E-state index in [1.807, 2.05) is 6.07 Å². The van der Waals surface area contributed by atoms with Crippen molar-refractivity contribution in [3.8, 4) is 0 Å². The quantitative estimate of drug-likeness (QED) is 0.841. The first kappa shape index (κ1) is 12.9. The highest BCUT2D eigenvalue weighted by atomic mass is 79.9. The molecule has 0 spiro atoms. The molecule has 0 atom stereocenters. The Bertz CT molecular complexity index is 357. The van der Waals surface area contributed by atoms with Crippen LogP contribution in [0.2, 0.25) is 0 Å². The smallest absolute Gasteiger partial charge is 0.0318 e. The summed E-state index contributed by atoms with van der Waals surface area (Å²) in [6.45, 7) is 3.47. The zero-order valence-electron chi connectivity index (χ0n) is 10.3. The van der Waals surface area contributed by atoms with Crippen LogP contribution in [0, 0.1) is 0 Å². The predicted octanol–water partition coefficient (Wildman–Crippen LogP) is 3.80. The summed E-state index contributed by atoms with van der Waals surface area (Å²) in [4.78, 5) is 2.55. The van der Waals surface area contributed by atoms with E-state index < -0.39 is 0 Å². The molecule has 17 heavy (non-hydrogen) atoms. The molecule has 1 fully saturated rings. The first-order valence-corrected chi connectivity index (χ1v) is 7.31. The Morgan fingerprint density at radius 3 is 2.41 bits per heavy atom. The molecule has 3 heteroatoms. The van der Waals surface area contributed by atoms with Gasteiger partial charge in [-0.3, -0.25) is 4.90 Å². The second-order valence-corrected chi connectivity index (χ2v) is 5.75. The third-order valence-electron chi connectivity index (χ3n) is 3.41. The van der Waals surface area contributed by atoms with Gasteiger partial charge < -0.3 is 5.73 Å². The Morgan fingerprint density at radius 1 is 1.06 bits per heavy atom. The summed E-state index contributed by atoms with van der Waals surface area (Å²) < 4.78 is 1.17. The van der Waals surface area contributed by atoms with Crippen molar-refractivity contribution >= 4 is 21.6 Å². The first-order valence-electron chi connectivity index (χ1n) is 6.52. The number of rotatable bonds is 2. The average molecular weight is 297 g/mol. The lowest BCUT2D eigenvalue weighted by Crippen LogP contribution is -2.27. The minimum atomic E-state index is 0.857. The molecule has 1 saturated heterocycles. The lowest BCUT2D eigenvalue weighted by molar-refractivity contribution is 0.239. The minimum Gasteiger partial charge on any atom is -0.399 e. The van der Waals surface area contributed by atoms with Crippen LogP contribution in [0.25, 0.3) is 0 Å². The van der Waals surface area contributed by atoms with Crippen molar-refractivity contribution in [2.45, 2.75) is 38.6 Å².